The Bertz CT molecular complexity index is 6630. The molecule has 0 N–H and O–H groups in total. The molecule has 16 aromatic carbocycles. The second-order valence-electron chi connectivity index (χ2n) is 41.4. The van der Waals surface area contributed by atoms with Gasteiger partial charge in [0.2, 0.25) is 0 Å². The molecule has 4 heterocycles. The molecule has 20 rings (SSSR count). The maximum Gasteiger partial charge on any atom is 0.252 e. The van der Waals surface area contributed by atoms with Gasteiger partial charge in [0, 0.05) is 77.9 Å². The van der Waals surface area contributed by atoms with Crippen LogP contribution in [0.5, 0.6) is 0 Å². The number of rotatable bonds is 11. The summed E-state index contributed by atoms with van der Waals surface area (Å²) in [6.45, 7) is 42.1. The first kappa shape index (κ1) is 80.2. The van der Waals surface area contributed by atoms with Crippen LogP contribution in [-0.2, 0) is 32.5 Å². The molecule has 0 bridgehead atoms. The zero-order chi connectivity index (χ0) is 86.7. The smallest absolute Gasteiger partial charge is 0.252 e. The Balaban J connectivity index is 1.00. The first-order valence-corrected chi connectivity index (χ1v) is 44.9. The van der Waals surface area contributed by atoms with Crippen LogP contribution in [0.4, 0.5) is 34.1 Å². The van der Waals surface area contributed by atoms with E-state index in [9.17, 15) is 0 Å². The van der Waals surface area contributed by atoms with Crippen molar-refractivity contribution in [2.24, 2.45) is 0 Å². The lowest BCUT2D eigenvalue weighted by Gasteiger charge is -2.46. The maximum atomic E-state index is 2.77. The van der Waals surface area contributed by atoms with E-state index in [1.807, 2.05) is 0 Å². The van der Waals surface area contributed by atoms with E-state index < -0.39 is 0 Å². The van der Waals surface area contributed by atoms with Gasteiger partial charge in [0.05, 0.1) is 33.4 Å². The van der Waals surface area contributed by atoms with Crippen molar-refractivity contribution in [3.8, 4) is 89.3 Å². The van der Waals surface area contributed by atoms with Crippen LogP contribution in [0.3, 0.4) is 0 Å². The van der Waals surface area contributed by atoms with E-state index in [2.05, 4.69) is 489 Å². The Morgan fingerprint density at radius 2 is 0.472 bits per heavy atom. The molecule has 2 aromatic heterocycles. The number of hydrogen-bond acceptors (Lipinski definition) is 2. The molecule has 0 atom stereocenters. The van der Waals surface area contributed by atoms with Crippen LogP contribution in [-0.4, -0.2) is 15.8 Å². The van der Waals surface area contributed by atoms with Crippen LogP contribution in [0.15, 0.2) is 346 Å². The minimum absolute atomic E-state index is 0.0901. The van der Waals surface area contributed by atoms with Gasteiger partial charge >= 0.3 is 0 Å². The molecule has 2 aliphatic rings. The Hall–Kier alpha value is -13.2. The molecule has 0 aliphatic carbocycles. The number of fused-ring (bicyclic) bond motifs is 10. The Labute approximate surface area is 740 Å². The van der Waals surface area contributed by atoms with Gasteiger partial charge in [-0.2, -0.15) is 0 Å². The third-order valence-corrected chi connectivity index (χ3v) is 26.8. The molecule has 5 heteroatoms. The Kier molecular flexibility index (Phi) is 19.1. The van der Waals surface area contributed by atoms with Gasteiger partial charge in [-0.25, -0.2) is 0 Å². The van der Waals surface area contributed by atoms with Crippen molar-refractivity contribution >= 4 is 101 Å². The average molecular weight is 1620 g/mol. The SMILES string of the molecule is CC(C)(C)c1ccc(-c2cc3c4c(c2)N(c2c(-c5ccccc5)cc(-c5ccccc5)cc2-c2ccccc2)c2cc(-n5c6ccc(C(C)(C)C)cc6c6cc(C(C)(C)C)ccc65)ccc2B4c2ccc(-n4c5ccc(C(C)(C)C)cc5c5cc(C(C)(C)C)ccc54)cc2N3c2c(-c3ccccc3)cc(-c3ccccc3)cc2-c2ccccc2)c(C(C)(C)C)c1. The van der Waals surface area contributed by atoms with E-state index in [0.717, 1.165) is 118 Å². The monoisotopic (exact) mass is 1620 g/mol. The quantitative estimate of drug-likeness (QED) is 0.120. The van der Waals surface area contributed by atoms with Gasteiger partial charge in [-0.15, -0.1) is 0 Å². The number of aromatic nitrogens is 2. The summed E-state index contributed by atoms with van der Waals surface area (Å²) in [5.74, 6) is 0. The van der Waals surface area contributed by atoms with E-state index in [1.54, 1.807) is 0 Å². The van der Waals surface area contributed by atoms with Crippen LogP contribution in [0, 0.1) is 0 Å². The highest BCUT2D eigenvalue weighted by molar-refractivity contribution is 7.00. The fourth-order valence-corrected chi connectivity index (χ4v) is 19.9. The number of anilines is 6. The standard InChI is InChI=1S/C120H111BN4/c1-115(2,3)85-50-59-104-97(69-85)98-70-86(116(4,5)6)51-60-105(98)122(104)90-54-57-102-108(74-90)124(113-93(78-41-29-21-30-42-78)63-82(76-37-25-19-26-38-76)64-94(113)79-43-31-22-32-44-79)110-67-84(92-56-49-89(119(13,14)15)73-101(92)120(16,17)18)68-111-112(110)121(102)103-58-55-91(123-106-61-52-87(117(7,8)9)71-99(106)100-72-88(118(10,11)12)53-62-107(100)123)75-109(103)125(111)114-95(80-45-33-23-34-46-80)65-83(77-39-27-20-28-40-77)66-96(114)81-47-35-24-36-48-81/h19-75H,1-18H3. The predicted molar refractivity (Wildman–Crippen MR) is 539 cm³/mol. The zero-order valence-electron chi connectivity index (χ0n) is 75.8. The van der Waals surface area contributed by atoms with Crippen molar-refractivity contribution in [1.29, 1.82) is 0 Å². The summed E-state index contributed by atoms with van der Waals surface area (Å²) in [4.78, 5) is 5.53. The molecule has 614 valence electrons. The van der Waals surface area contributed by atoms with E-state index in [-0.39, 0.29) is 39.2 Å². The van der Waals surface area contributed by atoms with Gasteiger partial charge in [-0.1, -0.05) is 361 Å². The third kappa shape index (κ3) is 14.0. The molecule has 0 saturated carbocycles. The van der Waals surface area contributed by atoms with E-state index in [1.165, 1.54) is 98.9 Å². The van der Waals surface area contributed by atoms with Crippen molar-refractivity contribution in [2.45, 2.75) is 157 Å². The molecule has 18 aromatic rings. The molecule has 0 amide bonds. The van der Waals surface area contributed by atoms with Crippen LogP contribution >= 0.6 is 0 Å². The average Bonchev–Trinajstić information content (AvgIpc) is 0.884. The van der Waals surface area contributed by atoms with Crippen LogP contribution < -0.4 is 26.2 Å². The molecule has 2 aliphatic heterocycles. The van der Waals surface area contributed by atoms with Gasteiger partial charge in [0.25, 0.3) is 6.71 Å². The number of nitrogens with zero attached hydrogens (tertiary/aromatic N) is 4. The lowest BCUT2D eigenvalue weighted by Crippen LogP contribution is -2.61. The molecule has 4 nitrogen and oxygen atoms in total. The minimum Gasteiger partial charge on any atom is -0.310 e. The van der Waals surface area contributed by atoms with Gasteiger partial charge in [0.15, 0.2) is 0 Å². The molecule has 0 spiro atoms. The molecule has 0 radical (unpaired) electrons. The fourth-order valence-electron chi connectivity index (χ4n) is 19.9. The first-order valence-electron chi connectivity index (χ1n) is 44.9. The lowest BCUT2D eigenvalue weighted by atomic mass is 9.33. The summed E-state index contributed by atoms with van der Waals surface area (Å²) in [7, 11) is 0. The maximum absolute atomic E-state index is 2.77. The predicted octanol–water partition coefficient (Wildman–Crippen LogP) is 31.4. The van der Waals surface area contributed by atoms with Crippen LogP contribution in [0.1, 0.15) is 158 Å². The summed E-state index contributed by atoms with van der Waals surface area (Å²) < 4.78 is 5.17. The van der Waals surface area contributed by atoms with Gasteiger partial charge in [0.1, 0.15) is 0 Å². The first-order chi connectivity index (χ1) is 59.8. The highest BCUT2D eigenvalue weighted by Crippen LogP contribution is 2.57. The summed E-state index contributed by atoms with van der Waals surface area (Å²) in [6.07, 6.45) is 0. The van der Waals surface area contributed by atoms with Crippen molar-refractivity contribution < 1.29 is 0 Å². The largest absolute Gasteiger partial charge is 0.310 e. The molecule has 125 heavy (non-hydrogen) atoms. The Morgan fingerprint density at radius 1 is 0.200 bits per heavy atom. The lowest BCUT2D eigenvalue weighted by molar-refractivity contribution is 0.570. The van der Waals surface area contributed by atoms with Gasteiger partial charge in [-0.05, 0) is 247 Å². The normalized spacial score (nSPS) is 13.2. The number of hydrogen-bond donors (Lipinski definition) is 0. The molecule has 0 unspecified atom stereocenters. The molecular formula is C120H111BN4. The molecule has 0 saturated heterocycles. The van der Waals surface area contributed by atoms with Gasteiger partial charge < -0.3 is 18.9 Å². The van der Waals surface area contributed by atoms with Crippen molar-refractivity contribution in [2.75, 3.05) is 9.80 Å². The van der Waals surface area contributed by atoms with Crippen molar-refractivity contribution in [1.82, 2.24) is 9.13 Å². The van der Waals surface area contributed by atoms with Crippen LogP contribution in [0.2, 0.25) is 0 Å². The second kappa shape index (κ2) is 29.8. The summed E-state index contributed by atoms with van der Waals surface area (Å²) >= 11 is 0. The molecule has 0 fully saturated rings. The topological polar surface area (TPSA) is 16.3 Å². The van der Waals surface area contributed by atoms with Crippen molar-refractivity contribution in [3.63, 3.8) is 0 Å². The van der Waals surface area contributed by atoms with E-state index in [4.69, 9.17) is 0 Å². The van der Waals surface area contributed by atoms with Gasteiger partial charge in [-0.3, -0.25) is 0 Å². The zero-order valence-corrected chi connectivity index (χ0v) is 75.8. The van der Waals surface area contributed by atoms with Crippen molar-refractivity contribution in [3.05, 3.63) is 379 Å². The van der Waals surface area contributed by atoms with Crippen LogP contribution in [0.25, 0.3) is 133 Å². The molecular weight excluding hydrogens is 1510 g/mol. The minimum atomic E-state index is -0.337. The third-order valence-electron chi connectivity index (χ3n) is 26.8. The second-order valence-corrected chi connectivity index (χ2v) is 41.4. The highest BCUT2D eigenvalue weighted by atomic mass is 15.2. The summed E-state index contributed by atoms with van der Waals surface area (Å²) in [6, 6.07) is 134. The summed E-state index contributed by atoms with van der Waals surface area (Å²) in [5, 5.41) is 5.00. The number of benzene rings is 16. The highest BCUT2D eigenvalue weighted by Gasteiger charge is 2.47. The van der Waals surface area contributed by atoms with E-state index in [0.29, 0.717) is 0 Å². The summed E-state index contributed by atoms with van der Waals surface area (Å²) in [5.41, 5.74) is 40.0. The van der Waals surface area contributed by atoms with E-state index >= 15 is 0 Å². The Morgan fingerprint density at radius 3 is 0.752 bits per heavy atom. The fraction of sp³-hybridized carbons (Fsp3) is 0.200.